The first-order valence-electron chi connectivity index (χ1n) is 9.75. The maximum Gasteiger partial charge on any atom is 0.224 e. The Morgan fingerprint density at radius 2 is 2.00 bits per heavy atom. The van der Waals surface area contributed by atoms with E-state index in [0.717, 1.165) is 23.7 Å². The zero-order chi connectivity index (χ0) is 19.7. The van der Waals surface area contributed by atoms with Crippen LogP contribution in [0.1, 0.15) is 24.3 Å². The van der Waals surface area contributed by atoms with Crippen LogP contribution in [-0.2, 0) is 11.5 Å². The zero-order valence-corrected chi connectivity index (χ0v) is 18.0. The van der Waals surface area contributed by atoms with E-state index in [2.05, 4.69) is 34.6 Å². The van der Waals surface area contributed by atoms with Gasteiger partial charge in [0.05, 0.1) is 25.2 Å². The molecule has 0 saturated heterocycles. The van der Waals surface area contributed by atoms with E-state index < -0.39 is 8.07 Å². The topological polar surface area (TPSA) is 75.0 Å². The van der Waals surface area contributed by atoms with Crippen LogP contribution in [0.5, 0.6) is 5.88 Å². The standard InChI is InChI=1S/C20H27N5O2Si/c1-26-20-17(15(7-8-21-20)14-5-6-14)19-22-11-16-18(24-19)23-12-25(16)13-27-9-10-28(2,3)4/h7-8,11-12,14H,5-6,9-10,13H2,1-4H3. The lowest BCUT2D eigenvalue weighted by atomic mass is 10.0. The van der Waals surface area contributed by atoms with Gasteiger partial charge in [-0.1, -0.05) is 19.6 Å². The Balaban J connectivity index is 1.59. The summed E-state index contributed by atoms with van der Waals surface area (Å²) >= 11 is 0. The van der Waals surface area contributed by atoms with Gasteiger partial charge in [-0.25, -0.2) is 19.9 Å². The molecule has 0 spiro atoms. The first kappa shape index (κ1) is 19.0. The van der Waals surface area contributed by atoms with Crippen molar-refractivity contribution in [2.75, 3.05) is 13.7 Å². The van der Waals surface area contributed by atoms with Crippen molar-refractivity contribution in [2.24, 2.45) is 0 Å². The summed E-state index contributed by atoms with van der Waals surface area (Å²) in [6, 6.07) is 3.19. The fourth-order valence-electron chi connectivity index (χ4n) is 3.19. The molecular weight excluding hydrogens is 370 g/mol. The molecule has 1 aliphatic rings. The molecule has 0 amide bonds. The highest BCUT2D eigenvalue weighted by molar-refractivity contribution is 6.76. The highest BCUT2D eigenvalue weighted by Gasteiger charge is 2.29. The number of hydrogen-bond acceptors (Lipinski definition) is 6. The van der Waals surface area contributed by atoms with Crippen LogP contribution in [0.25, 0.3) is 22.6 Å². The smallest absolute Gasteiger partial charge is 0.224 e. The minimum Gasteiger partial charge on any atom is -0.480 e. The number of hydrogen-bond donors (Lipinski definition) is 0. The monoisotopic (exact) mass is 397 g/mol. The first-order chi connectivity index (χ1) is 13.5. The summed E-state index contributed by atoms with van der Waals surface area (Å²) < 4.78 is 13.3. The Bertz CT molecular complexity index is 978. The molecule has 0 unspecified atom stereocenters. The molecule has 0 bridgehead atoms. The van der Waals surface area contributed by atoms with Crippen molar-refractivity contribution in [3.8, 4) is 17.3 Å². The molecule has 3 aromatic rings. The number of imidazole rings is 1. The molecule has 1 saturated carbocycles. The number of ether oxygens (including phenoxy) is 2. The SMILES string of the molecule is COc1nccc(C2CC2)c1-c1ncc2c(ncn2COCC[Si](C)(C)C)n1. The average molecular weight is 398 g/mol. The summed E-state index contributed by atoms with van der Waals surface area (Å²) in [6.07, 6.45) is 7.74. The van der Waals surface area contributed by atoms with Crippen LogP contribution in [0.4, 0.5) is 0 Å². The van der Waals surface area contributed by atoms with Gasteiger partial charge in [-0.2, -0.15) is 0 Å². The van der Waals surface area contributed by atoms with Crippen LogP contribution in [0.2, 0.25) is 25.7 Å². The van der Waals surface area contributed by atoms with Crippen LogP contribution in [-0.4, -0.2) is 46.3 Å². The predicted molar refractivity (Wildman–Crippen MR) is 111 cm³/mol. The summed E-state index contributed by atoms with van der Waals surface area (Å²) in [5.74, 6) is 1.73. The third-order valence-corrected chi connectivity index (χ3v) is 6.69. The molecule has 3 aromatic heterocycles. The number of nitrogens with zero attached hydrogens (tertiary/aromatic N) is 5. The quantitative estimate of drug-likeness (QED) is 0.421. The van der Waals surface area contributed by atoms with Gasteiger partial charge in [0.15, 0.2) is 11.5 Å². The lowest BCUT2D eigenvalue weighted by Crippen LogP contribution is -2.21. The van der Waals surface area contributed by atoms with E-state index in [1.54, 1.807) is 19.6 Å². The molecule has 0 N–H and O–H groups in total. The van der Waals surface area contributed by atoms with Crippen LogP contribution >= 0.6 is 0 Å². The molecule has 8 heteroatoms. The molecule has 7 nitrogen and oxygen atoms in total. The minimum atomic E-state index is -1.09. The van der Waals surface area contributed by atoms with Crippen molar-refractivity contribution < 1.29 is 9.47 Å². The summed E-state index contributed by atoms with van der Waals surface area (Å²) in [7, 11) is 0.543. The third kappa shape index (κ3) is 4.07. The van der Waals surface area contributed by atoms with Crippen LogP contribution in [0, 0.1) is 0 Å². The third-order valence-electron chi connectivity index (χ3n) is 4.99. The second-order valence-corrected chi connectivity index (χ2v) is 14.1. The van der Waals surface area contributed by atoms with Crippen LogP contribution in [0.3, 0.4) is 0 Å². The van der Waals surface area contributed by atoms with E-state index in [0.29, 0.717) is 30.0 Å². The fourth-order valence-corrected chi connectivity index (χ4v) is 3.94. The molecule has 0 aliphatic heterocycles. The molecule has 28 heavy (non-hydrogen) atoms. The van der Waals surface area contributed by atoms with Crippen molar-refractivity contribution in [3.63, 3.8) is 0 Å². The Morgan fingerprint density at radius 1 is 1.18 bits per heavy atom. The summed E-state index contributed by atoms with van der Waals surface area (Å²) in [5.41, 5.74) is 3.62. The number of methoxy groups -OCH3 is 1. The van der Waals surface area contributed by atoms with Gasteiger partial charge in [0.25, 0.3) is 0 Å². The minimum absolute atomic E-state index is 0.466. The maximum atomic E-state index is 5.84. The van der Waals surface area contributed by atoms with Gasteiger partial charge in [-0.3, -0.25) is 0 Å². The molecular formula is C20H27N5O2Si. The van der Waals surface area contributed by atoms with E-state index in [1.165, 1.54) is 18.4 Å². The van der Waals surface area contributed by atoms with E-state index in [4.69, 9.17) is 14.5 Å². The van der Waals surface area contributed by atoms with E-state index in [9.17, 15) is 0 Å². The average Bonchev–Trinajstić information content (AvgIpc) is 3.44. The second kappa shape index (κ2) is 7.60. The molecule has 4 rings (SSSR count). The first-order valence-corrected chi connectivity index (χ1v) is 13.5. The van der Waals surface area contributed by atoms with E-state index >= 15 is 0 Å². The lowest BCUT2D eigenvalue weighted by Gasteiger charge is -2.15. The van der Waals surface area contributed by atoms with Crippen molar-refractivity contribution in [2.45, 2.75) is 51.2 Å². The van der Waals surface area contributed by atoms with Crippen LogP contribution < -0.4 is 4.74 Å². The van der Waals surface area contributed by atoms with Gasteiger partial charge >= 0.3 is 0 Å². The molecule has 0 atom stereocenters. The van der Waals surface area contributed by atoms with Gasteiger partial charge in [0.1, 0.15) is 12.2 Å². The summed E-state index contributed by atoms with van der Waals surface area (Å²) in [6.45, 7) is 8.28. The summed E-state index contributed by atoms with van der Waals surface area (Å²) in [5, 5.41) is 0. The molecule has 0 aromatic carbocycles. The number of aromatic nitrogens is 5. The number of rotatable bonds is 8. The van der Waals surface area contributed by atoms with Gasteiger partial charge in [-0.05, 0) is 36.4 Å². The molecule has 1 aliphatic carbocycles. The Labute approximate surface area is 166 Å². The van der Waals surface area contributed by atoms with E-state index in [-0.39, 0.29) is 0 Å². The zero-order valence-electron chi connectivity index (χ0n) is 17.0. The Morgan fingerprint density at radius 3 is 2.71 bits per heavy atom. The van der Waals surface area contributed by atoms with Gasteiger partial charge in [0.2, 0.25) is 5.88 Å². The Kier molecular flexibility index (Phi) is 5.16. The molecule has 1 fully saturated rings. The van der Waals surface area contributed by atoms with Gasteiger partial charge < -0.3 is 14.0 Å². The van der Waals surface area contributed by atoms with Crippen LogP contribution in [0.15, 0.2) is 24.8 Å². The maximum absolute atomic E-state index is 5.84. The van der Waals surface area contributed by atoms with Crippen molar-refractivity contribution in [1.29, 1.82) is 0 Å². The Hall–Kier alpha value is -2.32. The fraction of sp³-hybridized carbons (Fsp3) is 0.500. The highest BCUT2D eigenvalue weighted by atomic mass is 28.3. The highest BCUT2D eigenvalue weighted by Crippen LogP contribution is 2.46. The van der Waals surface area contributed by atoms with Gasteiger partial charge in [-0.15, -0.1) is 0 Å². The van der Waals surface area contributed by atoms with E-state index in [1.807, 2.05) is 16.8 Å². The number of fused-ring (bicyclic) bond motifs is 1. The van der Waals surface area contributed by atoms with Crippen molar-refractivity contribution in [1.82, 2.24) is 24.5 Å². The summed E-state index contributed by atoms with van der Waals surface area (Å²) in [4.78, 5) is 18.1. The second-order valence-electron chi connectivity index (χ2n) is 8.52. The molecule has 3 heterocycles. The van der Waals surface area contributed by atoms with Gasteiger partial charge in [0, 0.05) is 20.9 Å². The molecule has 148 valence electrons. The normalized spacial score (nSPS) is 14.6. The number of pyridine rings is 1. The molecule has 0 radical (unpaired) electrons. The lowest BCUT2D eigenvalue weighted by molar-refractivity contribution is 0.0898. The van der Waals surface area contributed by atoms with Crippen molar-refractivity contribution >= 4 is 19.2 Å². The largest absolute Gasteiger partial charge is 0.480 e. The van der Waals surface area contributed by atoms with Crippen molar-refractivity contribution in [3.05, 3.63) is 30.4 Å². The predicted octanol–water partition coefficient (Wildman–Crippen LogP) is 4.09.